The van der Waals surface area contributed by atoms with Crippen LogP contribution in [-0.4, -0.2) is 31.1 Å². The molecule has 0 aromatic heterocycles. The van der Waals surface area contributed by atoms with E-state index in [9.17, 15) is 9.18 Å². The molecular weight excluding hydrogens is 321 g/mol. The fourth-order valence-electron chi connectivity index (χ4n) is 3.17. The summed E-state index contributed by atoms with van der Waals surface area (Å²) in [6.45, 7) is 1.06. The number of nitrogens with zero attached hydrogens (tertiary/aromatic N) is 1. The summed E-state index contributed by atoms with van der Waals surface area (Å²) in [6.07, 6.45) is 2.28. The van der Waals surface area contributed by atoms with Crippen molar-refractivity contribution in [3.63, 3.8) is 0 Å². The zero-order valence-corrected chi connectivity index (χ0v) is 14.3. The molecule has 1 saturated heterocycles. The van der Waals surface area contributed by atoms with Crippen molar-refractivity contribution in [2.24, 2.45) is 0 Å². The second-order valence-corrected chi connectivity index (χ2v) is 6.07. The summed E-state index contributed by atoms with van der Waals surface area (Å²) in [4.78, 5) is 14.5. The Balaban J connectivity index is 1.55. The van der Waals surface area contributed by atoms with E-state index >= 15 is 0 Å². The lowest BCUT2D eigenvalue weighted by atomic mass is 10.0. The highest BCUT2D eigenvalue weighted by atomic mass is 19.1. The molecule has 2 aromatic rings. The van der Waals surface area contributed by atoms with E-state index in [2.05, 4.69) is 0 Å². The molecule has 0 saturated carbocycles. The van der Waals surface area contributed by atoms with Crippen LogP contribution >= 0.6 is 0 Å². The van der Waals surface area contributed by atoms with Gasteiger partial charge in [0.15, 0.2) is 0 Å². The second-order valence-electron chi connectivity index (χ2n) is 6.07. The van der Waals surface area contributed by atoms with Gasteiger partial charge in [0.25, 0.3) is 0 Å². The first kappa shape index (κ1) is 17.3. The van der Waals surface area contributed by atoms with Crippen LogP contribution in [0, 0.1) is 5.82 Å². The van der Waals surface area contributed by atoms with Gasteiger partial charge in [-0.3, -0.25) is 4.79 Å². The number of ether oxygens (including phenoxy) is 2. The van der Waals surface area contributed by atoms with Crippen LogP contribution in [0.1, 0.15) is 30.9 Å². The Bertz CT molecular complexity index is 700. The molecule has 1 heterocycles. The minimum Gasteiger partial charge on any atom is -0.497 e. The second kappa shape index (κ2) is 8.01. The molecule has 1 aliphatic rings. The Morgan fingerprint density at radius 1 is 1.12 bits per heavy atom. The van der Waals surface area contributed by atoms with Crippen molar-refractivity contribution in [3.05, 3.63) is 59.9 Å². The highest BCUT2D eigenvalue weighted by Crippen LogP contribution is 2.33. The van der Waals surface area contributed by atoms with E-state index in [0.29, 0.717) is 12.2 Å². The van der Waals surface area contributed by atoms with Gasteiger partial charge in [-0.1, -0.05) is 12.1 Å². The van der Waals surface area contributed by atoms with Crippen LogP contribution in [0.5, 0.6) is 11.5 Å². The number of hydrogen-bond donors (Lipinski definition) is 0. The van der Waals surface area contributed by atoms with Crippen molar-refractivity contribution >= 4 is 5.91 Å². The van der Waals surface area contributed by atoms with E-state index in [1.807, 2.05) is 29.2 Å². The standard InChI is InChI=1S/C20H22FNO3/c1-24-17-8-4-15(5-9-17)19-3-2-13-22(19)20(23)12-14-25-18-10-6-16(21)7-11-18/h4-11,19H,2-3,12-14H2,1H3. The van der Waals surface area contributed by atoms with Gasteiger partial charge in [0.1, 0.15) is 17.3 Å². The Labute approximate surface area is 147 Å². The number of hydrogen-bond acceptors (Lipinski definition) is 3. The van der Waals surface area contributed by atoms with Gasteiger partial charge in [-0.05, 0) is 54.8 Å². The highest BCUT2D eigenvalue weighted by Gasteiger charge is 2.29. The summed E-state index contributed by atoms with van der Waals surface area (Å²) in [7, 11) is 1.64. The highest BCUT2D eigenvalue weighted by molar-refractivity contribution is 5.77. The molecule has 0 N–H and O–H groups in total. The fraction of sp³-hybridized carbons (Fsp3) is 0.350. The molecule has 132 valence electrons. The number of halogens is 1. The first-order chi connectivity index (χ1) is 12.2. The maximum atomic E-state index is 12.9. The molecule has 0 aliphatic carbocycles. The summed E-state index contributed by atoms with van der Waals surface area (Å²) in [5, 5.41) is 0. The number of benzene rings is 2. The smallest absolute Gasteiger partial charge is 0.226 e. The van der Waals surface area contributed by atoms with Gasteiger partial charge in [-0.2, -0.15) is 0 Å². The fourth-order valence-corrected chi connectivity index (χ4v) is 3.17. The number of rotatable bonds is 6. The third-order valence-corrected chi connectivity index (χ3v) is 4.47. The molecule has 1 fully saturated rings. The molecule has 1 atom stereocenters. The molecule has 5 heteroatoms. The third-order valence-electron chi connectivity index (χ3n) is 4.47. The van der Waals surface area contributed by atoms with Gasteiger partial charge in [0.2, 0.25) is 5.91 Å². The number of carbonyl (C=O) groups excluding carboxylic acids is 1. The maximum absolute atomic E-state index is 12.9. The molecule has 1 aliphatic heterocycles. The summed E-state index contributed by atoms with van der Waals surface area (Å²) in [5.74, 6) is 1.16. The van der Waals surface area contributed by atoms with Crippen molar-refractivity contribution < 1.29 is 18.7 Å². The van der Waals surface area contributed by atoms with Crippen molar-refractivity contribution in [2.45, 2.75) is 25.3 Å². The Morgan fingerprint density at radius 3 is 2.48 bits per heavy atom. The van der Waals surface area contributed by atoms with Crippen LogP contribution < -0.4 is 9.47 Å². The predicted octanol–water partition coefficient (Wildman–Crippen LogP) is 3.97. The topological polar surface area (TPSA) is 38.8 Å². The number of carbonyl (C=O) groups is 1. The molecule has 2 aromatic carbocycles. The number of methoxy groups -OCH3 is 1. The molecule has 1 amide bonds. The van der Waals surface area contributed by atoms with Crippen LogP contribution in [-0.2, 0) is 4.79 Å². The van der Waals surface area contributed by atoms with E-state index in [1.165, 1.54) is 12.1 Å². The van der Waals surface area contributed by atoms with Crippen LogP contribution in [0.15, 0.2) is 48.5 Å². The molecule has 0 spiro atoms. The van der Waals surface area contributed by atoms with Crippen molar-refractivity contribution in [2.75, 3.05) is 20.3 Å². The largest absolute Gasteiger partial charge is 0.497 e. The lowest BCUT2D eigenvalue weighted by molar-refractivity contribution is -0.132. The van der Waals surface area contributed by atoms with Crippen LogP contribution in [0.4, 0.5) is 4.39 Å². The monoisotopic (exact) mass is 343 g/mol. The minimum absolute atomic E-state index is 0.0837. The van der Waals surface area contributed by atoms with Gasteiger partial charge >= 0.3 is 0 Å². The van der Waals surface area contributed by atoms with Crippen LogP contribution in [0.25, 0.3) is 0 Å². The van der Waals surface area contributed by atoms with Crippen molar-refractivity contribution in [1.29, 1.82) is 0 Å². The van der Waals surface area contributed by atoms with E-state index in [-0.39, 0.29) is 24.4 Å². The third kappa shape index (κ3) is 4.29. The molecule has 4 nitrogen and oxygen atoms in total. The normalized spacial score (nSPS) is 16.7. The van der Waals surface area contributed by atoms with E-state index in [4.69, 9.17) is 9.47 Å². The average molecular weight is 343 g/mol. The van der Waals surface area contributed by atoms with E-state index in [1.54, 1.807) is 19.2 Å². The Morgan fingerprint density at radius 2 is 1.80 bits per heavy atom. The summed E-state index contributed by atoms with van der Waals surface area (Å²) >= 11 is 0. The SMILES string of the molecule is COc1ccc(C2CCCN2C(=O)CCOc2ccc(F)cc2)cc1. The number of amides is 1. The minimum atomic E-state index is -0.303. The van der Waals surface area contributed by atoms with Crippen molar-refractivity contribution in [3.8, 4) is 11.5 Å². The zero-order valence-electron chi connectivity index (χ0n) is 14.3. The van der Waals surface area contributed by atoms with E-state index in [0.717, 1.165) is 30.7 Å². The van der Waals surface area contributed by atoms with Crippen LogP contribution in [0.2, 0.25) is 0 Å². The van der Waals surface area contributed by atoms with Gasteiger partial charge in [0.05, 0.1) is 26.2 Å². The molecule has 0 radical (unpaired) electrons. The Kier molecular flexibility index (Phi) is 5.53. The first-order valence-electron chi connectivity index (χ1n) is 8.49. The Hall–Kier alpha value is -2.56. The molecule has 25 heavy (non-hydrogen) atoms. The van der Waals surface area contributed by atoms with E-state index < -0.39 is 0 Å². The van der Waals surface area contributed by atoms with Gasteiger partial charge in [-0.25, -0.2) is 4.39 Å². The zero-order chi connectivity index (χ0) is 17.6. The average Bonchev–Trinajstić information content (AvgIpc) is 3.13. The molecule has 3 rings (SSSR count). The summed E-state index contributed by atoms with van der Waals surface area (Å²) in [6, 6.07) is 13.8. The summed E-state index contributed by atoms with van der Waals surface area (Å²) in [5.41, 5.74) is 1.13. The first-order valence-corrected chi connectivity index (χ1v) is 8.49. The molecule has 0 bridgehead atoms. The number of likely N-dealkylation sites (tertiary alicyclic amines) is 1. The van der Waals surface area contributed by atoms with Crippen molar-refractivity contribution in [1.82, 2.24) is 4.90 Å². The van der Waals surface area contributed by atoms with Gasteiger partial charge < -0.3 is 14.4 Å². The van der Waals surface area contributed by atoms with Gasteiger partial charge in [0, 0.05) is 6.54 Å². The predicted molar refractivity (Wildman–Crippen MR) is 93.2 cm³/mol. The summed E-state index contributed by atoms with van der Waals surface area (Å²) < 4.78 is 23.6. The maximum Gasteiger partial charge on any atom is 0.226 e. The lowest BCUT2D eigenvalue weighted by Crippen LogP contribution is -2.31. The van der Waals surface area contributed by atoms with Crippen LogP contribution in [0.3, 0.4) is 0 Å². The molecular formula is C20H22FNO3. The quantitative estimate of drug-likeness (QED) is 0.797. The van der Waals surface area contributed by atoms with Gasteiger partial charge in [-0.15, -0.1) is 0 Å². The molecule has 1 unspecified atom stereocenters. The lowest BCUT2D eigenvalue weighted by Gasteiger charge is -2.25.